The molecule has 1 aromatic carbocycles. The molecule has 1 aliphatic carbocycles. The average Bonchev–Trinajstić information content (AvgIpc) is 2.57. The summed E-state index contributed by atoms with van der Waals surface area (Å²) in [5, 5.41) is 5.02. The zero-order valence-electron chi connectivity index (χ0n) is 14.2. The molecule has 0 radical (unpaired) electrons. The van der Waals surface area contributed by atoms with Crippen molar-refractivity contribution in [2.75, 3.05) is 6.61 Å². The lowest BCUT2D eigenvalue weighted by Crippen LogP contribution is -2.48. The normalized spacial score (nSPS) is 19.8. The Morgan fingerprint density at radius 2 is 1.84 bits per heavy atom. The lowest BCUT2D eigenvalue weighted by atomic mass is 9.86. The van der Waals surface area contributed by atoms with Crippen LogP contribution in [0, 0.1) is 5.92 Å². The second-order valence-corrected chi connectivity index (χ2v) is 7.27. The van der Waals surface area contributed by atoms with Gasteiger partial charge in [-0.2, -0.15) is 0 Å². The molecule has 0 saturated heterocycles. The molecule has 2 atom stereocenters. The number of ether oxygens (including phenoxy) is 1. The Morgan fingerprint density at radius 1 is 1.16 bits per heavy atom. The number of carbonyl (C=O) groups is 3. The van der Waals surface area contributed by atoms with Crippen LogP contribution in [0.4, 0.5) is 4.79 Å². The van der Waals surface area contributed by atoms with Gasteiger partial charge in [0.2, 0.25) is 0 Å². The van der Waals surface area contributed by atoms with E-state index in [1.54, 1.807) is 12.1 Å². The van der Waals surface area contributed by atoms with Crippen LogP contribution in [0.2, 0.25) is 0 Å². The smallest absolute Gasteiger partial charge is 0.321 e. The highest BCUT2D eigenvalue weighted by molar-refractivity contribution is 9.10. The van der Waals surface area contributed by atoms with E-state index in [0.717, 1.165) is 29.3 Å². The third-order valence-corrected chi connectivity index (χ3v) is 4.84. The van der Waals surface area contributed by atoms with Crippen LogP contribution in [-0.4, -0.2) is 30.6 Å². The number of hydrogen-bond acceptors (Lipinski definition) is 4. The Kier molecular flexibility index (Phi) is 7.43. The van der Waals surface area contributed by atoms with Crippen molar-refractivity contribution in [3.05, 3.63) is 34.3 Å². The number of urea groups is 1. The van der Waals surface area contributed by atoms with E-state index in [2.05, 4.69) is 33.5 Å². The highest BCUT2D eigenvalue weighted by Crippen LogP contribution is 2.23. The van der Waals surface area contributed by atoms with Gasteiger partial charge >= 0.3 is 12.0 Å². The number of halogens is 1. The van der Waals surface area contributed by atoms with E-state index in [9.17, 15) is 14.4 Å². The fourth-order valence-corrected chi connectivity index (χ4v) is 3.13. The number of rotatable bonds is 5. The Bertz CT molecular complexity index is 618. The van der Waals surface area contributed by atoms with Gasteiger partial charge in [-0.1, -0.05) is 47.8 Å². The van der Waals surface area contributed by atoms with Gasteiger partial charge in [-0.15, -0.1) is 0 Å². The summed E-state index contributed by atoms with van der Waals surface area (Å²) in [6, 6.07) is 6.79. The zero-order valence-corrected chi connectivity index (χ0v) is 15.8. The van der Waals surface area contributed by atoms with Gasteiger partial charge in [0.25, 0.3) is 5.91 Å². The Balaban J connectivity index is 1.68. The van der Waals surface area contributed by atoms with Crippen molar-refractivity contribution < 1.29 is 19.1 Å². The van der Waals surface area contributed by atoms with E-state index in [0.29, 0.717) is 5.92 Å². The van der Waals surface area contributed by atoms with Crippen molar-refractivity contribution in [3.8, 4) is 0 Å². The van der Waals surface area contributed by atoms with Crippen molar-refractivity contribution in [2.24, 2.45) is 5.92 Å². The second-order valence-electron chi connectivity index (χ2n) is 6.35. The summed E-state index contributed by atoms with van der Waals surface area (Å²) in [5.41, 5.74) is 0.789. The number of imide groups is 1. The summed E-state index contributed by atoms with van der Waals surface area (Å²) in [4.78, 5) is 35.3. The minimum Gasteiger partial charge on any atom is -0.455 e. The van der Waals surface area contributed by atoms with Crippen LogP contribution >= 0.6 is 15.9 Å². The molecule has 6 nitrogen and oxygen atoms in total. The van der Waals surface area contributed by atoms with Crippen LogP contribution in [-0.2, 0) is 20.7 Å². The standard InChI is InChI=1S/C18H23BrN2O4/c1-12-4-2-3-5-15(12)20-18(24)21-16(22)11-25-17(23)10-13-6-8-14(19)9-7-13/h6-9,12,15H,2-5,10-11H2,1H3,(H2,20,21,22,24)/t12-,15-/m1/s1. The van der Waals surface area contributed by atoms with Gasteiger partial charge in [0.15, 0.2) is 6.61 Å². The monoisotopic (exact) mass is 410 g/mol. The Morgan fingerprint density at radius 3 is 2.52 bits per heavy atom. The number of amides is 3. The Labute approximate surface area is 155 Å². The van der Waals surface area contributed by atoms with Crippen molar-refractivity contribution in [2.45, 2.75) is 45.1 Å². The number of nitrogens with one attached hydrogen (secondary N) is 2. The molecular weight excluding hydrogens is 388 g/mol. The molecule has 136 valence electrons. The first kappa shape index (κ1) is 19.4. The topological polar surface area (TPSA) is 84.5 Å². The first-order chi connectivity index (χ1) is 11.9. The van der Waals surface area contributed by atoms with E-state index in [1.807, 2.05) is 12.1 Å². The molecule has 2 N–H and O–H groups in total. The molecule has 0 unspecified atom stereocenters. The molecule has 0 heterocycles. The van der Waals surface area contributed by atoms with E-state index >= 15 is 0 Å². The average molecular weight is 411 g/mol. The van der Waals surface area contributed by atoms with E-state index in [1.165, 1.54) is 6.42 Å². The van der Waals surface area contributed by atoms with Crippen LogP contribution in [0.1, 0.15) is 38.2 Å². The highest BCUT2D eigenvalue weighted by atomic mass is 79.9. The summed E-state index contributed by atoms with van der Waals surface area (Å²) < 4.78 is 5.83. The van der Waals surface area contributed by atoms with Crippen molar-refractivity contribution in [1.29, 1.82) is 0 Å². The van der Waals surface area contributed by atoms with Crippen LogP contribution in [0.3, 0.4) is 0 Å². The van der Waals surface area contributed by atoms with Crippen LogP contribution in [0.5, 0.6) is 0 Å². The van der Waals surface area contributed by atoms with Crippen molar-refractivity contribution in [1.82, 2.24) is 10.6 Å². The molecule has 1 fully saturated rings. The van der Waals surface area contributed by atoms with Crippen LogP contribution in [0.15, 0.2) is 28.7 Å². The zero-order chi connectivity index (χ0) is 18.2. The summed E-state index contributed by atoms with van der Waals surface area (Å²) in [7, 11) is 0. The lowest BCUT2D eigenvalue weighted by molar-refractivity contribution is -0.147. The minimum atomic E-state index is -0.634. The molecule has 1 saturated carbocycles. The molecule has 1 aromatic rings. The van der Waals surface area contributed by atoms with Gasteiger partial charge in [0.05, 0.1) is 6.42 Å². The molecule has 0 aliphatic heterocycles. The molecule has 0 spiro atoms. The highest BCUT2D eigenvalue weighted by Gasteiger charge is 2.23. The van der Waals surface area contributed by atoms with Gasteiger partial charge in [-0.25, -0.2) is 4.79 Å². The lowest BCUT2D eigenvalue weighted by Gasteiger charge is -2.29. The SMILES string of the molecule is C[C@@H]1CCCC[C@H]1NC(=O)NC(=O)COC(=O)Cc1ccc(Br)cc1. The first-order valence-corrected chi connectivity index (χ1v) is 9.24. The molecule has 1 aliphatic rings. The minimum absolute atomic E-state index is 0.0757. The number of hydrogen-bond donors (Lipinski definition) is 2. The van der Waals surface area contributed by atoms with Gasteiger partial charge in [0.1, 0.15) is 0 Å². The van der Waals surface area contributed by atoms with Crippen LogP contribution < -0.4 is 10.6 Å². The van der Waals surface area contributed by atoms with Gasteiger partial charge in [-0.3, -0.25) is 14.9 Å². The molecule has 7 heteroatoms. The third-order valence-electron chi connectivity index (χ3n) is 4.31. The molecule has 2 rings (SSSR count). The van der Waals surface area contributed by atoms with E-state index in [4.69, 9.17) is 4.74 Å². The summed E-state index contributed by atoms with van der Waals surface area (Å²) >= 11 is 3.32. The summed E-state index contributed by atoms with van der Waals surface area (Å²) in [5.74, 6) is -0.748. The number of esters is 1. The maximum atomic E-state index is 11.8. The summed E-state index contributed by atoms with van der Waals surface area (Å²) in [6.07, 6.45) is 4.33. The van der Waals surface area contributed by atoms with E-state index in [-0.39, 0.29) is 12.5 Å². The molecule has 0 bridgehead atoms. The molecule has 3 amide bonds. The quantitative estimate of drug-likeness (QED) is 0.730. The Hall–Kier alpha value is -1.89. The van der Waals surface area contributed by atoms with Crippen LogP contribution in [0.25, 0.3) is 0 Å². The fraction of sp³-hybridized carbons (Fsp3) is 0.500. The number of benzene rings is 1. The predicted molar refractivity (Wildman–Crippen MR) is 96.9 cm³/mol. The predicted octanol–water partition coefficient (Wildman–Crippen LogP) is 2.94. The number of carbonyl (C=O) groups excluding carboxylic acids is 3. The van der Waals surface area contributed by atoms with E-state index < -0.39 is 24.5 Å². The largest absolute Gasteiger partial charge is 0.455 e. The fourth-order valence-electron chi connectivity index (χ4n) is 2.86. The third kappa shape index (κ3) is 6.86. The van der Waals surface area contributed by atoms with Crippen molar-refractivity contribution in [3.63, 3.8) is 0 Å². The molecule has 0 aromatic heterocycles. The molecule has 25 heavy (non-hydrogen) atoms. The summed E-state index contributed by atoms with van der Waals surface area (Å²) in [6.45, 7) is 1.62. The van der Waals surface area contributed by atoms with Gasteiger partial charge < -0.3 is 10.1 Å². The maximum Gasteiger partial charge on any atom is 0.321 e. The van der Waals surface area contributed by atoms with Crippen molar-refractivity contribution >= 4 is 33.8 Å². The second kappa shape index (κ2) is 9.56. The van der Waals surface area contributed by atoms with Gasteiger partial charge in [-0.05, 0) is 36.5 Å². The molecular formula is C18H23BrN2O4. The maximum absolute atomic E-state index is 11.8. The first-order valence-electron chi connectivity index (χ1n) is 8.44. The van der Waals surface area contributed by atoms with Gasteiger partial charge in [0, 0.05) is 10.5 Å².